The van der Waals surface area contributed by atoms with E-state index in [9.17, 15) is 18.4 Å². The Balaban J connectivity index is 2.66. The molecule has 0 aromatic carbocycles. The van der Waals surface area contributed by atoms with E-state index in [0.29, 0.717) is 6.42 Å². The number of amides is 2. The molecule has 1 saturated heterocycles. The Morgan fingerprint density at radius 1 is 1.47 bits per heavy atom. The Morgan fingerprint density at radius 3 is 2.53 bits per heavy atom. The standard InChI is InChI=1S/C9H14F2N2O2/c1-9(8(15)12-2)3-4-13(5-9)7(14)6(10)11/h6H,3-5H2,1-2H3,(H,12,15). The van der Waals surface area contributed by atoms with Gasteiger partial charge in [-0.15, -0.1) is 0 Å². The Bertz CT molecular complexity index is 283. The van der Waals surface area contributed by atoms with Gasteiger partial charge in [-0.1, -0.05) is 0 Å². The summed E-state index contributed by atoms with van der Waals surface area (Å²) in [6.07, 6.45) is -2.57. The lowest BCUT2D eigenvalue weighted by Gasteiger charge is -2.22. The van der Waals surface area contributed by atoms with Gasteiger partial charge in [0.15, 0.2) is 0 Å². The molecule has 0 spiro atoms. The van der Waals surface area contributed by atoms with Crippen LogP contribution in [-0.2, 0) is 9.59 Å². The minimum atomic E-state index is -2.99. The van der Waals surface area contributed by atoms with E-state index in [-0.39, 0.29) is 19.0 Å². The van der Waals surface area contributed by atoms with Crippen LogP contribution in [0.1, 0.15) is 13.3 Å². The van der Waals surface area contributed by atoms with Crippen LogP contribution in [-0.4, -0.2) is 43.3 Å². The van der Waals surface area contributed by atoms with Crippen molar-refractivity contribution in [3.63, 3.8) is 0 Å². The highest BCUT2D eigenvalue weighted by molar-refractivity contribution is 5.85. The monoisotopic (exact) mass is 220 g/mol. The first-order valence-corrected chi connectivity index (χ1v) is 4.70. The van der Waals surface area contributed by atoms with E-state index in [4.69, 9.17) is 0 Å². The molecule has 0 saturated carbocycles. The zero-order valence-electron chi connectivity index (χ0n) is 8.72. The van der Waals surface area contributed by atoms with Gasteiger partial charge in [0, 0.05) is 20.1 Å². The van der Waals surface area contributed by atoms with Crippen molar-refractivity contribution in [3.8, 4) is 0 Å². The summed E-state index contributed by atoms with van der Waals surface area (Å²) in [7, 11) is 1.49. The van der Waals surface area contributed by atoms with Crippen LogP contribution < -0.4 is 5.32 Å². The number of nitrogens with zero attached hydrogens (tertiary/aromatic N) is 1. The first-order valence-electron chi connectivity index (χ1n) is 4.70. The molecule has 1 heterocycles. The molecule has 0 aromatic heterocycles. The van der Waals surface area contributed by atoms with Crippen LogP contribution in [0.5, 0.6) is 0 Å². The summed E-state index contributed by atoms with van der Waals surface area (Å²) in [5.74, 6) is -1.41. The molecule has 0 aliphatic carbocycles. The highest BCUT2D eigenvalue weighted by Gasteiger charge is 2.42. The number of halogens is 2. The Kier molecular flexibility index (Phi) is 3.26. The number of hydrogen-bond acceptors (Lipinski definition) is 2. The van der Waals surface area contributed by atoms with Gasteiger partial charge in [0.1, 0.15) is 0 Å². The van der Waals surface area contributed by atoms with Crippen molar-refractivity contribution in [2.24, 2.45) is 5.41 Å². The van der Waals surface area contributed by atoms with Gasteiger partial charge >= 0.3 is 6.43 Å². The molecule has 1 aliphatic rings. The topological polar surface area (TPSA) is 49.4 Å². The van der Waals surface area contributed by atoms with Crippen molar-refractivity contribution >= 4 is 11.8 Å². The van der Waals surface area contributed by atoms with E-state index in [0.717, 1.165) is 4.90 Å². The molecule has 6 heteroatoms. The second-order valence-corrected chi connectivity index (χ2v) is 3.95. The first kappa shape index (κ1) is 11.9. The number of carbonyl (C=O) groups is 2. The van der Waals surface area contributed by atoms with Gasteiger partial charge in [-0.3, -0.25) is 9.59 Å². The van der Waals surface area contributed by atoms with Crippen molar-refractivity contribution in [1.82, 2.24) is 10.2 Å². The maximum absolute atomic E-state index is 12.1. The van der Waals surface area contributed by atoms with Gasteiger partial charge in [-0.05, 0) is 13.3 Å². The van der Waals surface area contributed by atoms with Crippen LogP contribution in [0.4, 0.5) is 8.78 Å². The van der Waals surface area contributed by atoms with Crippen LogP contribution in [0.3, 0.4) is 0 Å². The zero-order chi connectivity index (χ0) is 11.6. The fraction of sp³-hybridized carbons (Fsp3) is 0.778. The van der Waals surface area contributed by atoms with Crippen LogP contribution in [0, 0.1) is 5.41 Å². The van der Waals surface area contributed by atoms with E-state index in [1.165, 1.54) is 7.05 Å². The fourth-order valence-corrected chi connectivity index (χ4v) is 1.77. The maximum atomic E-state index is 12.1. The average molecular weight is 220 g/mol. The smallest absolute Gasteiger partial charge is 0.315 e. The van der Waals surface area contributed by atoms with Crippen LogP contribution >= 0.6 is 0 Å². The molecule has 1 fully saturated rings. The molecule has 1 N–H and O–H groups in total. The third-order valence-electron chi connectivity index (χ3n) is 2.75. The van der Waals surface area contributed by atoms with Crippen molar-refractivity contribution in [1.29, 1.82) is 0 Å². The number of nitrogens with one attached hydrogen (secondary N) is 1. The summed E-state index contributed by atoms with van der Waals surface area (Å²) in [6, 6.07) is 0. The van der Waals surface area contributed by atoms with E-state index < -0.39 is 17.7 Å². The first-order chi connectivity index (χ1) is 6.90. The van der Waals surface area contributed by atoms with Crippen molar-refractivity contribution in [3.05, 3.63) is 0 Å². The molecule has 86 valence electrons. The average Bonchev–Trinajstić information content (AvgIpc) is 2.59. The Hall–Kier alpha value is -1.20. The highest BCUT2D eigenvalue weighted by Crippen LogP contribution is 2.30. The van der Waals surface area contributed by atoms with E-state index >= 15 is 0 Å². The molecule has 1 rings (SSSR count). The quantitative estimate of drug-likeness (QED) is 0.724. The molecule has 1 aliphatic heterocycles. The van der Waals surface area contributed by atoms with Crippen molar-refractivity contribution in [2.45, 2.75) is 19.8 Å². The van der Waals surface area contributed by atoms with Gasteiger partial charge in [0.2, 0.25) is 5.91 Å². The van der Waals surface area contributed by atoms with E-state index in [2.05, 4.69) is 5.32 Å². The summed E-state index contributed by atoms with van der Waals surface area (Å²) >= 11 is 0. The molecular formula is C9H14F2N2O2. The molecule has 15 heavy (non-hydrogen) atoms. The van der Waals surface area contributed by atoms with Crippen LogP contribution in [0.15, 0.2) is 0 Å². The summed E-state index contributed by atoms with van der Waals surface area (Å²) in [5, 5.41) is 2.47. The molecule has 1 unspecified atom stereocenters. The lowest BCUT2D eigenvalue weighted by molar-refractivity contribution is -0.142. The number of likely N-dealkylation sites (tertiary alicyclic amines) is 1. The van der Waals surface area contributed by atoms with E-state index in [1.807, 2.05) is 0 Å². The third kappa shape index (κ3) is 2.24. The third-order valence-corrected chi connectivity index (χ3v) is 2.75. The molecule has 2 amide bonds. The van der Waals surface area contributed by atoms with Crippen molar-refractivity contribution < 1.29 is 18.4 Å². The molecule has 0 bridgehead atoms. The molecule has 0 aromatic rings. The fourth-order valence-electron chi connectivity index (χ4n) is 1.77. The summed E-state index contributed by atoms with van der Waals surface area (Å²) in [4.78, 5) is 23.5. The van der Waals surface area contributed by atoms with Gasteiger partial charge in [-0.25, -0.2) is 0 Å². The second-order valence-electron chi connectivity index (χ2n) is 3.95. The van der Waals surface area contributed by atoms with Crippen LogP contribution in [0.25, 0.3) is 0 Å². The summed E-state index contributed by atoms with van der Waals surface area (Å²) < 4.78 is 24.2. The Morgan fingerprint density at radius 2 is 2.07 bits per heavy atom. The number of carbonyl (C=O) groups excluding carboxylic acids is 2. The Labute approximate surface area is 86.6 Å². The minimum Gasteiger partial charge on any atom is -0.359 e. The van der Waals surface area contributed by atoms with Crippen molar-refractivity contribution in [2.75, 3.05) is 20.1 Å². The predicted molar refractivity (Wildman–Crippen MR) is 49.4 cm³/mol. The van der Waals surface area contributed by atoms with Gasteiger partial charge < -0.3 is 10.2 Å². The second kappa shape index (κ2) is 4.12. The normalized spacial score (nSPS) is 25.8. The van der Waals surface area contributed by atoms with Gasteiger partial charge in [0.25, 0.3) is 5.91 Å². The summed E-state index contributed by atoms with van der Waals surface area (Å²) in [6.45, 7) is 1.95. The van der Waals surface area contributed by atoms with Crippen LogP contribution in [0.2, 0.25) is 0 Å². The van der Waals surface area contributed by atoms with Gasteiger partial charge in [0.05, 0.1) is 5.41 Å². The highest BCUT2D eigenvalue weighted by atomic mass is 19.3. The number of hydrogen-bond donors (Lipinski definition) is 1. The number of rotatable bonds is 2. The number of alkyl halides is 2. The molecule has 4 nitrogen and oxygen atoms in total. The molecule has 1 atom stereocenters. The molecule has 0 radical (unpaired) electrons. The largest absolute Gasteiger partial charge is 0.359 e. The SMILES string of the molecule is CNC(=O)C1(C)CCN(C(=O)C(F)F)C1. The maximum Gasteiger partial charge on any atom is 0.315 e. The van der Waals surface area contributed by atoms with E-state index in [1.54, 1.807) is 6.92 Å². The predicted octanol–water partition coefficient (Wildman–Crippen LogP) is 0.236. The van der Waals surface area contributed by atoms with Gasteiger partial charge in [-0.2, -0.15) is 8.78 Å². The molecular weight excluding hydrogens is 206 g/mol. The lowest BCUT2D eigenvalue weighted by atomic mass is 9.89. The summed E-state index contributed by atoms with van der Waals surface area (Å²) in [5.41, 5.74) is -0.737. The minimum absolute atomic E-state index is 0.0653. The lowest BCUT2D eigenvalue weighted by Crippen LogP contribution is -2.41. The zero-order valence-corrected chi connectivity index (χ0v) is 8.72.